The molecule has 2 aliphatic rings. The number of carbonyl (C=O) groups excluding carboxylic acids is 3. The number of ketones is 1. The summed E-state index contributed by atoms with van der Waals surface area (Å²) in [6.07, 6.45) is 3.68. The highest BCUT2D eigenvalue weighted by Gasteiger charge is 2.27. The predicted molar refractivity (Wildman–Crippen MR) is 119 cm³/mol. The van der Waals surface area contributed by atoms with Gasteiger partial charge in [-0.05, 0) is 25.0 Å². The van der Waals surface area contributed by atoms with E-state index in [1.54, 1.807) is 17.2 Å². The maximum atomic E-state index is 12.9. The minimum Gasteiger partial charge on any atom is -0.356 e. The summed E-state index contributed by atoms with van der Waals surface area (Å²) >= 11 is 0. The molecule has 0 aliphatic carbocycles. The summed E-state index contributed by atoms with van der Waals surface area (Å²) < 4.78 is 0. The van der Waals surface area contributed by atoms with Gasteiger partial charge in [-0.15, -0.1) is 0 Å². The number of aromatic amines is 2. The number of H-pyrrole nitrogens is 2. The first kappa shape index (κ1) is 20.4. The van der Waals surface area contributed by atoms with E-state index in [1.807, 2.05) is 34.1 Å². The van der Waals surface area contributed by atoms with Crippen LogP contribution in [0.4, 0.5) is 0 Å². The molecule has 32 heavy (non-hydrogen) atoms. The summed E-state index contributed by atoms with van der Waals surface area (Å²) in [5.74, 6) is -0.163. The molecule has 9 nitrogen and oxygen atoms in total. The van der Waals surface area contributed by atoms with Crippen molar-refractivity contribution in [3.8, 4) is 0 Å². The molecular weight excluding hydrogens is 408 g/mol. The summed E-state index contributed by atoms with van der Waals surface area (Å²) in [4.78, 5) is 46.7. The number of fused-ring (bicyclic) bond motifs is 1. The standard InChI is InChI=1S/C23H26N6O3/c30-20(16-13-19(24-14-16)22(31)28-7-3-4-8-28)15-27-9-11-29(12-10-27)23(32)21-17-5-1-2-6-18(17)25-26-21/h1-2,5-6,13-14,24H,3-4,7-12,15H2,(H,25,26). The maximum Gasteiger partial charge on any atom is 0.275 e. The lowest BCUT2D eigenvalue weighted by Crippen LogP contribution is -2.50. The Kier molecular flexibility index (Phi) is 5.48. The van der Waals surface area contributed by atoms with Crippen LogP contribution >= 0.6 is 0 Å². The lowest BCUT2D eigenvalue weighted by atomic mass is 10.1. The largest absolute Gasteiger partial charge is 0.356 e. The van der Waals surface area contributed by atoms with Gasteiger partial charge in [0.25, 0.3) is 11.8 Å². The summed E-state index contributed by atoms with van der Waals surface area (Å²) in [6.45, 7) is 4.13. The number of nitrogens with zero attached hydrogens (tertiary/aromatic N) is 4. The second-order valence-electron chi connectivity index (χ2n) is 8.41. The van der Waals surface area contributed by atoms with Gasteiger partial charge in [0, 0.05) is 56.4 Å². The minimum atomic E-state index is -0.0934. The van der Waals surface area contributed by atoms with Gasteiger partial charge >= 0.3 is 0 Å². The number of amides is 2. The Bertz CT molecular complexity index is 1150. The van der Waals surface area contributed by atoms with Gasteiger partial charge in [-0.1, -0.05) is 18.2 Å². The van der Waals surface area contributed by atoms with Crippen molar-refractivity contribution >= 4 is 28.5 Å². The van der Waals surface area contributed by atoms with E-state index in [2.05, 4.69) is 15.2 Å². The topological polar surface area (TPSA) is 105 Å². The third kappa shape index (κ3) is 3.91. The van der Waals surface area contributed by atoms with Gasteiger partial charge in [0.05, 0.1) is 12.1 Å². The number of hydrogen-bond acceptors (Lipinski definition) is 5. The Hall–Kier alpha value is -3.46. The molecule has 0 spiro atoms. The Morgan fingerprint density at radius 3 is 2.41 bits per heavy atom. The fourth-order valence-corrected chi connectivity index (χ4v) is 4.45. The molecule has 4 heterocycles. The molecule has 3 aromatic rings. The molecule has 0 saturated carbocycles. The Balaban J connectivity index is 1.16. The number of carbonyl (C=O) groups is 3. The molecule has 0 atom stereocenters. The number of rotatable bonds is 5. The van der Waals surface area contributed by atoms with E-state index >= 15 is 0 Å². The third-order valence-corrected chi connectivity index (χ3v) is 6.33. The zero-order valence-corrected chi connectivity index (χ0v) is 17.8. The van der Waals surface area contributed by atoms with Gasteiger partial charge in [-0.2, -0.15) is 5.10 Å². The van der Waals surface area contributed by atoms with Gasteiger partial charge in [0.1, 0.15) is 5.69 Å². The highest BCUT2D eigenvalue weighted by molar-refractivity contribution is 6.04. The van der Waals surface area contributed by atoms with Crippen LogP contribution in [0.15, 0.2) is 36.5 Å². The summed E-state index contributed by atoms with van der Waals surface area (Å²) in [5, 5.41) is 7.93. The molecule has 0 unspecified atom stereocenters. The first-order valence-corrected chi connectivity index (χ1v) is 11.1. The smallest absolute Gasteiger partial charge is 0.275 e. The minimum absolute atomic E-state index is 0.0280. The highest BCUT2D eigenvalue weighted by Crippen LogP contribution is 2.18. The zero-order chi connectivity index (χ0) is 22.1. The average molecular weight is 435 g/mol. The van der Waals surface area contributed by atoms with Crippen molar-refractivity contribution in [1.82, 2.24) is 29.9 Å². The molecule has 9 heteroatoms. The number of hydrogen-bond donors (Lipinski definition) is 2. The lowest BCUT2D eigenvalue weighted by Gasteiger charge is -2.34. The number of piperazine rings is 1. The van der Waals surface area contributed by atoms with Gasteiger partial charge < -0.3 is 14.8 Å². The van der Waals surface area contributed by atoms with Crippen molar-refractivity contribution in [3.05, 3.63) is 53.5 Å². The van der Waals surface area contributed by atoms with E-state index in [-0.39, 0.29) is 24.1 Å². The second kappa shape index (κ2) is 8.58. The molecule has 2 amide bonds. The Morgan fingerprint density at radius 2 is 1.62 bits per heavy atom. The quantitative estimate of drug-likeness (QED) is 0.596. The predicted octanol–water partition coefficient (Wildman–Crippen LogP) is 1.77. The van der Waals surface area contributed by atoms with Gasteiger partial charge in [0.15, 0.2) is 11.5 Å². The fourth-order valence-electron chi connectivity index (χ4n) is 4.45. The zero-order valence-electron chi connectivity index (χ0n) is 17.8. The van der Waals surface area contributed by atoms with E-state index in [0.717, 1.165) is 36.8 Å². The summed E-state index contributed by atoms with van der Waals surface area (Å²) in [7, 11) is 0. The van der Waals surface area contributed by atoms with Crippen LogP contribution in [0.1, 0.15) is 44.2 Å². The SMILES string of the molecule is O=C(CN1CCN(C(=O)c2n[nH]c3ccccc23)CC1)c1c[nH]c(C(=O)N2CCCC2)c1. The summed E-state index contributed by atoms with van der Waals surface area (Å²) in [5.41, 5.74) is 2.27. The number of likely N-dealkylation sites (tertiary alicyclic amines) is 1. The third-order valence-electron chi connectivity index (χ3n) is 6.33. The van der Waals surface area contributed by atoms with E-state index in [9.17, 15) is 14.4 Å². The van der Waals surface area contributed by atoms with E-state index in [4.69, 9.17) is 0 Å². The van der Waals surface area contributed by atoms with Crippen molar-refractivity contribution < 1.29 is 14.4 Å². The monoisotopic (exact) mass is 434 g/mol. The van der Waals surface area contributed by atoms with Crippen molar-refractivity contribution in [3.63, 3.8) is 0 Å². The van der Waals surface area contributed by atoms with Crippen LogP contribution in [0.3, 0.4) is 0 Å². The number of nitrogens with one attached hydrogen (secondary N) is 2. The van der Waals surface area contributed by atoms with Crippen LogP contribution in [-0.2, 0) is 0 Å². The highest BCUT2D eigenvalue weighted by atomic mass is 16.2. The van der Waals surface area contributed by atoms with Crippen molar-refractivity contribution in [2.24, 2.45) is 0 Å². The number of benzene rings is 1. The molecule has 0 bridgehead atoms. The molecule has 2 fully saturated rings. The van der Waals surface area contributed by atoms with Crippen LogP contribution in [-0.4, -0.2) is 93.3 Å². The first-order chi connectivity index (χ1) is 15.6. The van der Waals surface area contributed by atoms with E-state index < -0.39 is 0 Å². The molecule has 2 aromatic heterocycles. The second-order valence-corrected chi connectivity index (χ2v) is 8.41. The molecule has 1 aromatic carbocycles. The molecule has 0 radical (unpaired) electrons. The van der Waals surface area contributed by atoms with Crippen LogP contribution in [0, 0.1) is 0 Å². The average Bonchev–Trinajstić information content (AvgIpc) is 3.59. The molecular formula is C23H26N6O3. The molecule has 2 saturated heterocycles. The van der Waals surface area contributed by atoms with Crippen molar-refractivity contribution in [1.29, 1.82) is 0 Å². The molecule has 2 N–H and O–H groups in total. The maximum absolute atomic E-state index is 12.9. The van der Waals surface area contributed by atoms with Gasteiger partial charge in [-0.3, -0.25) is 24.4 Å². The van der Waals surface area contributed by atoms with Crippen LogP contribution in [0.2, 0.25) is 0 Å². The van der Waals surface area contributed by atoms with Crippen LogP contribution in [0.5, 0.6) is 0 Å². The van der Waals surface area contributed by atoms with Gasteiger partial charge in [0.2, 0.25) is 0 Å². The Labute approximate surface area is 185 Å². The normalized spacial score (nSPS) is 17.2. The van der Waals surface area contributed by atoms with Crippen LogP contribution < -0.4 is 0 Å². The van der Waals surface area contributed by atoms with Crippen molar-refractivity contribution in [2.45, 2.75) is 12.8 Å². The molecule has 166 valence electrons. The number of Topliss-reactive ketones (excluding diaryl/α,β-unsaturated/α-hetero) is 1. The number of aromatic nitrogens is 3. The van der Waals surface area contributed by atoms with E-state index in [0.29, 0.717) is 43.1 Å². The first-order valence-electron chi connectivity index (χ1n) is 11.1. The number of para-hydroxylation sites is 1. The Morgan fingerprint density at radius 1 is 0.906 bits per heavy atom. The fraction of sp³-hybridized carbons (Fsp3) is 0.391. The summed E-state index contributed by atoms with van der Waals surface area (Å²) in [6, 6.07) is 9.24. The molecule has 5 rings (SSSR count). The lowest BCUT2D eigenvalue weighted by molar-refractivity contribution is 0.0620. The molecule has 2 aliphatic heterocycles. The van der Waals surface area contributed by atoms with E-state index in [1.165, 1.54) is 0 Å². The van der Waals surface area contributed by atoms with Crippen LogP contribution in [0.25, 0.3) is 10.9 Å². The van der Waals surface area contributed by atoms with Gasteiger partial charge in [-0.25, -0.2) is 0 Å². The van der Waals surface area contributed by atoms with Crippen molar-refractivity contribution in [2.75, 3.05) is 45.8 Å².